The maximum absolute atomic E-state index is 13.0. The first-order valence-corrected chi connectivity index (χ1v) is 10.1. The van der Waals surface area contributed by atoms with Crippen molar-refractivity contribution in [1.82, 2.24) is 9.62 Å². The van der Waals surface area contributed by atoms with Gasteiger partial charge in [-0.05, 0) is 24.3 Å². The largest absolute Gasteiger partial charge is 0.495 e. The van der Waals surface area contributed by atoms with Crippen LogP contribution in [0.15, 0.2) is 59.5 Å². The number of carbonyl (C=O) groups is 2. The first-order valence-electron chi connectivity index (χ1n) is 8.71. The topological polar surface area (TPSA) is 105 Å². The Labute approximate surface area is 163 Å². The summed E-state index contributed by atoms with van der Waals surface area (Å²) in [6.07, 6.45) is -0.310. The summed E-state index contributed by atoms with van der Waals surface area (Å²) in [4.78, 5) is 25.0. The van der Waals surface area contributed by atoms with Crippen molar-refractivity contribution in [1.29, 1.82) is 0 Å². The highest BCUT2D eigenvalue weighted by Crippen LogP contribution is 2.25. The number of anilines is 1. The predicted octanol–water partition coefficient (Wildman–Crippen LogP) is 1.21. The number of methoxy groups -OCH3 is 1. The quantitative estimate of drug-likeness (QED) is 0.754. The Kier molecular flexibility index (Phi) is 5.96. The number of amides is 2. The van der Waals surface area contributed by atoms with Crippen molar-refractivity contribution in [3.63, 3.8) is 0 Å². The van der Waals surface area contributed by atoms with Crippen LogP contribution in [0.2, 0.25) is 0 Å². The normalized spacial score (nSPS) is 17.6. The number of rotatable bonds is 6. The summed E-state index contributed by atoms with van der Waals surface area (Å²) in [5.74, 6) is -0.515. The van der Waals surface area contributed by atoms with Crippen LogP contribution in [-0.2, 0) is 19.6 Å². The van der Waals surface area contributed by atoms with Crippen LogP contribution in [0, 0.1) is 0 Å². The van der Waals surface area contributed by atoms with E-state index in [9.17, 15) is 18.0 Å². The van der Waals surface area contributed by atoms with Gasteiger partial charge in [-0.1, -0.05) is 30.3 Å². The molecule has 1 saturated heterocycles. The van der Waals surface area contributed by atoms with Gasteiger partial charge in [-0.2, -0.15) is 4.31 Å². The van der Waals surface area contributed by atoms with Gasteiger partial charge in [0.2, 0.25) is 21.8 Å². The lowest BCUT2D eigenvalue weighted by Crippen LogP contribution is -2.57. The molecule has 0 aromatic heterocycles. The third-order valence-corrected chi connectivity index (χ3v) is 6.31. The zero-order chi connectivity index (χ0) is 20.1. The van der Waals surface area contributed by atoms with E-state index in [1.807, 2.05) is 0 Å². The number of hydrogen-bond acceptors (Lipinski definition) is 5. The molecule has 9 heteroatoms. The SMILES string of the molecule is COc1ccccc1NC(=O)C[C@@H]1C(=O)NCCN1S(=O)(=O)c1ccccc1. The molecule has 1 aliphatic heterocycles. The molecule has 1 heterocycles. The summed E-state index contributed by atoms with van der Waals surface area (Å²) in [5.41, 5.74) is 0.448. The monoisotopic (exact) mass is 403 g/mol. The van der Waals surface area contributed by atoms with Crippen molar-refractivity contribution in [2.45, 2.75) is 17.4 Å². The van der Waals surface area contributed by atoms with Gasteiger partial charge in [-0.15, -0.1) is 0 Å². The number of ether oxygens (including phenoxy) is 1. The number of hydrogen-bond donors (Lipinski definition) is 2. The first-order chi connectivity index (χ1) is 13.4. The van der Waals surface area contributed by atoms with E-state index >= 15 is 0 Å². The highest BCUT2D eigenvalue weighted by molar-refractivity contribution is 7.89. The Hall–Kier alpha value is -2.91. The summed E-state index contributed by atoms with van der Waals surface area (Å²) >= 11 is 0. The second-order valence-electron chi connectivity index (χ2n) is 6.19. The summed E-state index contributed by atoms with van der Waals surface area (Å²) in [6, 6.07) is 13.6. The molecule has 0 unspecified atom stereocenters. The predicted molar refractivity (Wildman–Crippen MR) is 103 cm³/mol. The number of sulfonamides is 1. The van der Waals surface area contributed by atoms with Gasteiger partial charge in [0.05, 0.1) is 24.1 Å². The lowest BCUT2D eigenvalue weighted by atomic mass is 10.1. The van der Waals surface area contributed by atoms with Crippen LogP contribution in [0.4, 0.5) is 5.69 Å². The van der Waals surface area contributed by atoms with Crippen molar-refractivity contribution >= 4 is 27.5 Å². The maximum Gasteiger partial charge on any atom is 0.243 e. The molecule has 8 nitrogen and oxygen atoms in total. The molecule has 0 saturated carbocycles. The Balaban J connectivity index is 1.81. The van der Waals surface area contributed by atoms with Gasteiger partial charge in [0.15, 0.2) is 0 Å². The van der Waals surface area contributed by atoms with Gasteiger partial charge in [-0.3, -0.25) is 9.59 Å². The van der Waals surface area contributed by atoms with E-state index in [2.05, 4.69) is 10.6 Å². The molecule has 3 rings (SSSR count). The second-order valence-corrected chi connectivity index (χ2v) is 8.08. The average Bonchev–Trinajstić information content (AvgIpc) is 2.70. The second kappa shape index (κ2) is 8.41. The highest BCUT2D eigenvalue weighted by Gasteiger charge is 2.39. The number of nitrogens with one attached hydrogen (secondary N) is 2. The molecule has 148 valence electrons. The van der Waals surface area contributed by atoms with Gasteiger partial charge in [-0.25, -0.2) is 8.42 Å². The van der Waals surface area contributed by atoms with Crippen LogP contribution >= 0.6 is 0 Å². The number of piperazine rings is 1. The van der Waals surface area contributed by atoms with E-state index in [4.69, 9.17) is 4.74 Å². The Morgan fingerprint density at radius 2 is 1.86 bits per heavy atom. The highest BCUT2D eigenvalue weighted by atomic mass is 32.2. The minimum atomic E-state index is -3.91. The molecular formula is C19H21N3O5S. The Morgan fingerprint density at radius 3 is 2.57 bits per heavy atom. The van der Waals surface area contributed by atoms with Crippen LogP contribution < -0.4 is 15.4 Å². The third kappa shape index (κ3) is 4.15. The summed E-state index contributed by atoms with van der Waals surface area (Å²) in [7, 11) is -2.43. The van der Waals surface area contributed by atoms with E-state index in [1.165, 1.54) is 19.2 Å². The van der Waals surface area contributed by atoms with E-state index in [0.29, 0.717) is 11.4 Å². The van der Waals surface area contributed by atoms with Gasteiger partial charge in [0.25, 0.3) is 0 Å². The van der Waals surface area contributed by atoms with Crippen molar-refractivity contribution in [2.75, 3.05) is 25.5 Å². The fourth-order valence-electron chi connectivity index (χ4n) is 3.03. The minimum Gasteiger partial charge on any atom is -0.495 e. The molecule has 0 spiro atoms. The summed E-state index contributed by atoms with van der Waals surface area (Å²) in [6.45, 7) is 0.283. The number of carbonyl (C=O) groups excluding carboxylic acids is 2. The lowest BCUT2D eigenvalue weighted by molar-refractivity contribution is -0.130. The smallest absolute Gasteiger partial charge is 0.243 e. The van der Waals surface area contributed by atoms with E-state index in [1.54, 1.807) is 42.5 Å². The fraction of sp³-hybridized carbons (Fsp3) is 0.263. The van der Waals surface area contributed by atoms with Crippen molar-refractivity contribution < 1.29 is 22.7 Å². The minimum absolute atomic E-state index is 0.0832. The molecule has 0 radical (unpaired) electrons. The van der Waals surface area contributed by atoms with Crippen LogP contribution in [0.1, 0.15) is 6.42 Å². The van der Waals surface area contributed by atoms with E-state index in [-0.39, 0.29) is 24.4 Å². The van der Waals surface area contributed by atoms with Gasteiger partial charge >= 0.3 is 0 Å². The molecule has 2 aromatic rings. The Bertz CT molecular complexity index is 963. The summed E-state index contributed by atoms with van der Waals surface area (Å²) < 4.78 is 32.2. The number of benzene rings is 2. The molecule has 28 heavy (non-hydrogen) atoms. The number of para-hydroxylation sites is 2. The molecule has 2 N–H and O–H groups in total. The Morgan fingerprint density at radius 1 is 1.18 bits per heavy atom. The molecule has 0 aliphatic carbocycles. The first kappa shape index (κ1) is 19.8. The van der Waals surface area contributed by atoms with E-state index < -0.39 is 27.9 Å². The van der Waals surface area contributed by atoms with Crippen LogP contribution in [0.25, 0.3) is 0 Å². The van der Waals surface area contributed by atoms with Crippen LogP contribution in [-0.4, -0.2) is 50.8 Å². The van der Waals surface area contributed by atoms with Crippen molar-refractivity contribution in [2.24, 2.45) is 0 Å². The molecular weight excluding hydrogens is 382 g/mol. The van der Waals surface area contributed by atoms with Gasteiger partial charge in [0, 0.05) is 13.1 Å². The molecule has 1 aliphatic rings. The summed E-state index contributed by atoms with van der Waals surface area (Å²) in [5, 5.41) is 5.30. The third-order valence-electron chi connectivity index (χ3n) is 4.39. The molecule has 2 aromatic carbocycles. The molecule has 1 atom stereocenters. The lowest BCUT2D eigenvalue weighted by Gasteiger charge is -2.33. The van der Waals surface area contributed by atoms with Crippen LogP contribution in [0.5, 0.6) is 5.75 Å². The molecule has 0 bridgehead atoms. The standard InChI is InChI=1S/C19H21N3O5S/c1-27-17-10-6-5-9-15(17)21-18(23)13-16-19(24)20-11-12-22(16)28(25,26)14-7-3-2-4-8-14/h2-10,16H,11-13H2,1H3,(H,20,24)(H,21,23)/t16-/m1/s1. The van der Waals surface area contributed by atoms with Crippen molar-refractivity contribution in [3.8, 4) is 5.75 Å². The average molecular weight is 403 g/mol. The fourth-order valence-corrected chi connectivity index (χ4v) is 4.64. The van der Waals surface area contributed by atoms with E-state index in [0.717, 1.165) is 4.31 Å². The van der Waals surface area contributed by atoms with Crippen LogP contribution in [0.3, 0.4) is 0 Å². The maximum atomic E-state index is 13.0. The van der Waals surface area contributed by atoms with Gasteiger partial charge in [0.1, 0.15) is 11.8 Å². The molecule has 2 amide bonds. The number of nitrogens with zero attached hydrogens (tertiary/aromatic N) is 1. The zero-order valence-corrected chi connectivity index (χ0v) is 16.1. The van der Waals surface area contributed by atoms with Gasteiger partial charge < -0.3 is 15.4 Å². The molecule has 1 fully saturated rings. The zero-order valence-electron chi connectivity index (χ0n) is 15.3. The van der Waals surface area contributed by atoms with Crippen molar-refractivity contribution in [3.05, 3.63) is 54.6 Å².